The van der Waals surface area contributed by atoms with Gasteiger partial charge in [0.15, 0.2) is 16.8 Å². The van der Waals surface area contributed by atoms with Crippen LogP contribution in [-0.2, 0) is 0 Å². The summed E-state index contributed by atoms with van der Waals surface area (Å²) >= 11 is 1.59. The van der Waals surface area contributed by atoms with Crippen LogP contribution in [0.3, 0.4) is 0 Å². The molecule has 0 fully saturated rings. The second-order valence-electron chi connectivity index (χ2n) is 6.06. The van der Waals surface area contributed by atoms with Crippen LogP contribution in [0, 0.1) is 13.8 Å². The molecule has 2 aromatic rings. The third kappa shape index (κ3) is 4.03. The highest BCUT2D eigenvalue weighted by atomic mass is 32.1. The van der Waals surface area contributed by atoms with Gasteiger partial charge in [-0.25, -0.2) is 15.0 Å². The quantitative estimate of drug-likeness (QED) is 0.681. The maximum atomic E-state index is 6.21. The van der Waals surface area contributed by atoms with Gasteiger partial charge in [-0.05, 0) is 46.0 Å². The number of nitrogens with two attached hydrogens (primary N) is 1. The summed E-state index contributed by atoms with van der Waals surface area (Å²) in [6.45, 7) is 4.88. The van der Waals surface area contributed by atoms with Gasteiger partial charge in [0.05, 0.1) is 5.69 Å². The van der Waals surface area contributed by atoms with Gasteiger partial charge in [-0.1, -0.05) is 11.6 Å². The Bertz CT molecular complexity index is 717. The van der Waals surface area contributed by atoms with E-state index in [1.54, 1.807) is 11.3 Å². The van der Waals surface area contributed by atoms with Crippen LogP contribution in [0.25, 0.3) is 0 Å². The molecular formula is C17H24N6S. The summed E-state index contributed by atoms with van der Waals surface area (Å²) in [6, 6.07) is 0. The van der Waals surface area contributed by atoms with Gasteiger partial charge in [0.25, 0.3) is 0 Å². The Kier molecular flexibility index (Phi) is 5.30. The number of hydrogen-bond acceptors (Lipinski definition) is 7. The smallest absolute Gasteiger partial charge is 0.188 e. The molecule has 6 nitrogen and oxygen atoms in total. The number of nitrogens with one attached hydrogen (secondary N) is 2. The van der Waals surface area contributed by atoms with Crippen LogP contribution >= 0.6 is 11.3 Å². The Hall–Kier alpha value is -2.15. The molecule has 0 unspecified atom stereocenters. The Labute approximate surface area is 146 Å². The lowest BCUT2D eigenvalue weighted by atomic mass is 9.97. The first-order valence-corrected chi connectivity index (χ1v) is 9.18. The number of aromatic nitrogens is 3. The Morgan fingerprint density at radius 2 is 2.04 bits per heavy atom. The summed E-state index contributed by atoms with van der Waals surface area (Å²) in [7, 11) is 0. The van der Waals surface area contributed by atoms with Crippen molar-refractivity contribution < 1.29 is 0 Å². The molecule has 0 spiro atoms. The van der Waals surface area contributed by atoms with E-state index in [2.05, 4.69) is 38.6 Å². The average Bonchev–Trinajstić information content (AvgIpc) is 2.90. The minimum atomic E-state index is 0.528. The molecule has 0 radical (unpaired) electrons. The number of nitrogens with zero attached hydrogens (tertiary/aromatic N) is 3. The van der Waals surface area contributed by atoms with Gasteiger partial charge in [0.1, 0.15) is 12.0 Å². The number of rotatable bonds is 6. The van der Waals surface area contributed by atoms with E-state index in [0.717, 1.165) is 23.8 Å². The van der Waals surface area contributed by atoms with E-state index in [4.69, 9.17) is 5.73 Å². The molecule has 1 aliphatic rings. The van der Waals surface area contributed by atoms with Crippen molar-refractivity contribution in [2.24, 2.45) is 0 Å². The predicted octanol–water partition coefficient (Wildman–Crippen LogP) is 4.18. The van der Waals surface area contributed by atoms with Gasteiger partial charge >= 0.3 is 0 Å². The SMILES string of the molecule is Cc1nc(Nc2ncnc(NCCC3=CCCCC3)c2N)sc1C. The van der Waals surface area contributed by atoms with E-state index < -0.39 is 0 Å². The first-order valence-electron chi connectivity index (χ1n) is 8.37. The summed E-state index contributed by atoms with van der Waals surface area (Å²) < 4.78 is 0. The van der Waals surface area contributed by atoms with Crippen molar-refractivity contribution in [2.45, 2.75) is 46.0 Å². The molecule has 24 heavy (non-hydrogen) atoms. The molecule has 0 aliphatic heterocycles. The number of hydrogen-bond donors (Lipinski definition) is 3. The highest BCUT2D eigenvalue weighted by Crippen LogP contribution is 2.29. The highest BCUT2D eigenvalue weighted by molar-refractivity contribution is 7.15. The van der Waals surface area contributed by atoms with Crippen molar-refractivity contribution in [3.63, 3.8) is 0 Å². The van der Waals surface area contributed by atoms with Gasteiger partial charge < -0.3 is 16.4 Å². The lowest BCUT2D eigenvalue weighted by Gasteiger charge is -2.14. The minimum absolute atomic E-state index is 0.528. The van der Waals surface area contributed by atoms with Gasteiger partial charge in [-0.2, -0.15) is 0 Å². The molecule has 0 atom stereocenters. The zero-order valence-electron chi connectivity index (χ0n) is 14.2. The Balaban J connectivity index is 1.63. The first-order chi connectivity index (χ1) is 11.6. The maximum absolute atomic E-state index is 6.21. The maximum Gasteiger partial charge on any atom is 0.188 e. The summed E-state index contributed by atoms with van der Waals surface area (Å²) in [5, 5.41) is 7.32. The number of anilines is 4. The summed E-state index contributed by atoms with van der Waals surface area (Å²) in [4.78, 5) is 14.1. The molecule has 7 heteroatoms. The van der Waals surface area contributed by atoms with Crippen molar-refractivity contribution in [3.05, 3.63) is 28.5 Å². The summed E-state index contributed by atoms with van der Waals surface area (Å²) in [5.74, 6) is 1.27. The molecule has 1 aliphatic carbocycles. The molecule has 0 amide bonds. The van der Waals surface area contributed by atoms with Gasteiger partial charge in [-0.15, -0.1) is 11.3 Å². The molecule has 128 valence electrons. The van der Waals surface area contributed by atoms with Gasteiger partial charge in [0.2, 0.25) is 0 Å². The zero-order chi connectivity index (χ0) is 16.9. The molecule has 0 aromatic carbocycles. The standard InChI is InChI=1S/C17H24N6S/c1-11-12(2)24-17(22-11)23-16-14(18)15(20-10-21-16)19-9-8-13-6-4-3-5-7-13/h6,10H,3-5,7-9,18H2,1-2H3,(H2,19,20,21,22,23). The van der Waals surface area contributed by atoms with E-state index in [0.29, 0.717) is 17.3 Å². The van der Waals surface area contributed by atoms with Crippen molar-refractivity contribution >= 4 is 33.8 Å². The predicted molar refractivity (Wildman–Crippen MR) is 101 cm³/mol. The van der Waals surface area contributed by atoms with Crippen LogP contribution in [0.15, 0.2) is 18.0 Å². The lowest BCUT2D eigenvalue weighted by Crippen LogP contribution is -2.10. The Morgan fingerprint density at radius 1 is 1.21 bits per heavy atom. The normalized spacial score (nSPS) is 14.3. The second kappa shape index (κ2) is 7.61. The Morgan fingerprint density at radius 3 is 2.75 bits per heavy atom. The van der Waals surface area contributed by atoms with Crippen LogP contribution in [0.5, 0.6) is 0 Å². The number of nitrogen functional groups attached to an aromatic ring is 1. The van der Waals surface area contributed by atoms with Crippen molar-refractivity contribution in [2.75, 3.05) is 22.9 Å². The van der Waals surface area contributed by atoms with E-state index in [1.165, 1.54) is 42.5 Å². The fourth-order valence-electron chi connectivity index (χ4n) is 2.74. The largest absolute Gasteiger partial charge is 0.393 e. The molecule has 0 saturated heterocycles. The molecule has 2 heterocycles. The van der Waals surface area contributed by atoms with E-state index in [1.807, 2.05) is 6.92 Å². The fourth-order valence-corrected chi connectivity index (χ4v) is 3.55. The fraction of sp³-hybridized carbons (Fsp3) is 0.471. The van der Waals surface area contributed by atoms with Crippen LogP contribution in [-0.4, -0.2) is 21.5 Å². The molecule has 0 bridgehead atoms. The van der Waals surface area contributed by atoms with Crippen LogP contribution in [0.1, 0.15) is 42.7 Å². The summed E-state index contributed by atoms with van der Waals surface area (Å²) in [6.07, 6.45) is 9.99. The van der Waals surface area contributed by atoms with E-state index in [-0.39, 0.29) is 0 Å². The van der Waals surface area contributed by atoms with Crippen LogP contribution < -0.4 is 16.4 Å². The van der Waals surface area contributed by atoms with Gasteiger partial charge in [0, 0.05) is 11.4 Å². The minimum Gasteiger partial charge on any atom is -0.393 e. The van der Waals surface area contributed by atoms with Gasteiger partial charge in [-0.3, -0.25) is 0 Å². The third-order valence-electron chi connectivity index (χ3n) is 4.26. The van der Waals surface area contributed by atoms with Crippen molar-refractivity contribution in [1.29, 1.82) is 0 Å². The van der Waals surface area contributed by atoms with Crippen molar-refractivity contribution in [1.82, 2.24) is 15.0 Å². The number of aryl methyl sites for hydroxylation is 2. The average molecular weight is 344 g/mol. The zero-order valence-corrected chi connectivity index (χ0v) is 15.0. The molecule has 4 N–H and O–H groups in total. The first kappa shape index (κ1) is 16.7. The summed E-state index contributed by atoms with van der Waals surface area (Å²) in [5.41, 5.74) is 9.29. The van der Waals surface area contributed by atoms with E-state index >= 15 is 0 Å². The van der Waals surface area contributed by atoms with E-state index in [9.17, 15) is 0 Å². The van der Waals surface area contributed by atoms with Crippen LogP contribution in [0.4, 0.5) is 22.5 Å². The van der Waals surface area contributed by atoms with Crippen LogP contribution in [0.2, 0.25) is 0 Å². The monoisotopic (exact) mass is 344 g/mol. The molecule has 0 saturated carbocycles. The number of thiazole rings is 1. The topological polar surface area (TPSA) is 88.8 Å². The second-order valence-corrected chi connectivity index (χ2v) is 7.26. The molecule has 3 rings (SSSR count). The number of allylic oxidation sites excluding steroid dienone is 1. The molecular weight excluding hydrogens is 320 g/mol. The van der Waals surface area contributed by atoms with Crippen molar-refractivity contribution in [3.8, 4) is 0 Å². The molecule has 2 aromatic heterocycles. The third-order valence-corrected chi connectivity index (χ3v) is 5.25. The highest BCUT2D eigenvalue weighted by Gasteiger charge is 2.11. The lowest BCUT2D eigenvalue weighted by molar-refractivity contribution is 0.679.